The van der Waals surface area contributed by atoms with E-state index >= 15 is 0 Å². The summed E-state index contributed by atoms with van der Waals surface area (Å²) in [5, 5.41) is 0. The molecule has 1 aliphatic heterocycles. The highest BCUT2D eigenvalue weighted by atomic mass is 16.5. The zero-order chi connectivity index (χ0) is 13.0. The molecule has 0 aromatic heterocycles. The summed E-state index contributed by atoms with van der Waals surface area (Å²) in [6, 6.07) is 0.425. The Bertz CT molecular complexity index is 245. The van der Waals surface area contributed by atoms with Crippen molar-refractivity contribution < 1.29 is 4.74 Å². The van der Waals surface area contributed by atoms with Crippen LogP contribution in [-0.4, -0.2) is 43.3 Å². The maximum atomic E-state index is 6.29. The van der Waals surface area contributed by atoms with Gasteiger partial charge in [-0.25, -0.2) is 0 Å². The second-order valence-electron chi connectivity index (χ2n) is 6.32. The van der Waals surface area contributed by atoms with Crippen LogP contribution in [0.2, 0.25) is 0 Å². The van der Waals surface area contributed by atoms with Crippen LogP contribution >= 0.6 is 0 Å². The SMILES string of the molecule is CCOC1CCCN(CC2CC(C)CCC2N)C1. The predicted octanol–water partition coefficient (Wildman–Crippen LogP) is 2.25. The molecule has 18 heavy (non-hydrogen) atoms. The van der Waals surface area contributed by atoms with Crippen molar-refractivity contribution >= 4 is 0 Å². The molecule has 3 nitrogen and oxygen atoms in total. The fourth-order valence-electron chi connectivity index (χ4n) is 3.61. The van der Waals surface area contributed by atoms with Crippen LogP contribution in [0.4, 0.5) is 0 Å². The molecule has 1 aliphatic carbocycles. The van der Waals surface area contributed by atoms with E-state index in [9.17, 15) is 0 Å². The van der Waals surface area contributed by atoms with E-state index in [1.807, 2.05) is 0 Å². The third-order valence-corrected chi connectivity index (χ3v) is 4.66. The second kappa shape index (κ2) is 6.88. The van der Waals surface area contributed by atoms with Gasteiger partial charge in [0.15, 0.2) is 0 Å². The molecule has 3 heteroatoms. The number of rotatable bonds is 4. The second-order valence-corrected chi connectivity index (χ2v) is 6.32. The van der Waals surface area contributed by atoms with Crippen molar-refractivity contribution in [3.63, 3.8) is 0 Å². The number of likely N-dealkylation sites (tertiary alicyclic amines) is 1. The number of piperidine rings is 1. The van der Waals surface area contributed by atoms with Gasteiger partial charge in [0.05, 0.1) is 6.10 Å². The Morgan fingerprint density at radius 2 is 2.11 bits per heavy atom. The first-order valence-corrected chi connectivity index (χ1v) is 7.78. The summed E-state index contributed by atoms with van der Waals surface area (Å²) >= 11 is 0. The van der Waals surface area contributed by atoms with Gasteiger partial charge in [0.25, 0.3) is 0 Å². The molecule has 1 heterocycles. The maximum Gasteiger partial charge on any atom is 0.0702 e. The fourth-order valence-corrected chi connectivity index (χ4v) is 3.61. The van der Waals surface area contributed by atoms with Gasteiger partial charge in [-0.3, -0.25) is 0 Å². The van der Waals surface area contributed by atoms with E-state index < -0.39 is 0 Å². The molecule has 0 bridgehead atoms. The van der Waals surface area contributed by atoms with E-state index in [1.54, 1.807) is 0 Å². The van der Waals surface area contributed by atoms with Gasteiger partial charge in [-0.15, -0.1) is 0 Å². The van der Waals surface area contributed by atoms with Gasteiger partial charge in [0.1, 0.15) is 0 Å². The summed E-state index contributed by atoms with van der Waals surface area (Å²) in [5.41, 5.74) is 6.29. The van der Waals surface area contributed by atoms with Gasteiger partial charge < -0.3 is 15.4 Å². The molecule has 2 rings (SSSR count). The summed E-state index contributed by atoms with van der Waals surface area (Å²) in [5.74, 6) is 1.57. The standard InChI is InChI=1S/C15H30N2O/c1-3-18-14-5-4-8-17(11-14)10-13-9-12(2)6-7-15(13)16/h12-15H,3-11,16H2,1-2H3. The van der Waals surface area contributed by atoms with Crippen LogP contribution in [0.25, 0.3) is 0 Å². The Kier molecular flexibility index (Phi) is 5.46. The van der Waals surface area contributed by atoms with Gasteiger partial charge in [-0.05, 0) is 57.4 Å². The van der Waals surface area contributed by atoms with Gasteiger partial charge in [0.2, 0.25) is 0 Å². The van der Waals surface area contributed by atoms with Gasteiger partial charge in [-0.1, -0.05) is 6.92 Å². The fraction of sp³-hybridized carbons (Fsp3) is 1.00. The van der Waals surface area contributed by atoms with E-state index in [-0.39, 0.29) is 0 Å². The minimum atomic E-state index is 0.425. The average Bonchev–Trinajstić information content (AvgIpc) is 2.35. The van der Waals surface area contributed by atoms with Crippen molar-refractivity contribution in [1.82, 2.24) is 4.90 Å². The molecule has 1 saturated heterocycles. The van der Waals surface area contributed by atoms with E-state index in [1.165, 1.54) is 45.2 Å². The number of ether oxygens (including phenoxy) is 1. The van der Waals surface area contributed by atoms with Gasteiger partial charge in [-0.2, -0.15) is 0 Å². The Hall–Kier alpha value is -0.120. The van der Waals surface area contributed by atoms with Crippen LogP contribution in [0.5, 0.6) is 0 Å². The van der Waals surface area contributed by atoms with Crippen LogP contribution in [0.15, 0.2) is 0 Å². The first kappa shape index (κ1) is 14.3. The van der Waals surface area contributed by atoms with E-state index in [0.717, 1.165) is 19.1 Å². The van der Waals surface area contributed by atoms with Crippen LogP contribution < -0.4 is 5.73 Å². The number of nitrogens with two attached hydrogens (primary N) is 1. The van der Waals surface area contributed by atoms with Crippen molar-refractivity contribution in [2.75, 3.05) is 26.2 Å². The highest BCUT2D eigenvalue weighted by molar-refractivity contribution is 4.85. The quantitative estimate of drug-likeness (QED) is 0.836. The highest BCUT2D eigenvalue weighted by Crippen LogP contribution is 2.29. The third kappa shape index (κ3) is 3.94. The molecular formula is C15H30N2O. The molecule has 0 radical (unpaired) electrons. The summed E-state index contributed by atoms with van der Waals surface area (Å²) in [6.07, 6.45) is 6.82. The summed E-state index contributed by atoms with van der Waals surface area (Å²) < 4.78 is 5.78. The average molecular weight is 254 g/mol. The van der Waals surface area contributed by atoms with Crippen molar-refractivity contribution in [2.45, 2.75) is 58.1 Å². The minimum Gasteiger partial charge on any atom is -0.377 e. The number of nitrogens with zero attached hydrogens (tertiary/aromatic N) is 1. The topological polar surface area (TPSA) is 38.5 Å². The zero-order valence-corrected chi connectivity index (χ0v) is 12.1. The molecular weight excluding hydrogens is 224 g/mol. The minimum absolute atomic E-state index is 0.425. The lowest BCUT2D eigenvalue weighted by molar-refractivity contribution is -0.00180. The monoisotopic (exact) mass is 254 g/mol. The summed E-state index contributed by atoms with van der Waals surface area (Å²) in [7, 11) is 0. The van der Waals surface area contributed by atoms with Crippen LogP contribution in [0, 0.1) is 11.8 Å². The Balaban J connectivity index is 1.80. The van der Waals surface area contributed by atoms with Crippen molar-refractivity contribution in [3.05, 3.63) is 0 Å². The zero-order valence-electron chi connectivity index (χ0n) is 12.1. The van der Waals surface area contributed by atoms with E-state index in [4.69, 9.17) is 10.5 Å². The molecule has 0 aromatic carbocycles. The highest BCUT2D eigenvalue weighted by Gasteiger charge is 2.29. The summed E-state index contributed by atoms with van der Waals surface area (Å²) in [4.78, 5) is 2.59. The number of hydrogen-bond acceptors (Lipinski definition) is 3. The molecule has 0 spiro atoms. The van der Waals surface area contributed by atoms with Crippen molar-refractivity contribution in [1.29, 1.82) is 0 Å². The number of hydrogen-bond donors (Lipinski definition) is 1. The first-order valence-electron chi connectivity index (χ1n) is 7.78. The Morgan fingerprint density at radius 1 is 1.28 bits per heavy atom. The molecule has 106 valence electrons. The molecule has 1 saturated carbocycles. The van der Waals surface area contributed by atoms with Gasteiger partial charge in [0, 0.05) is 25.7 Å². The van der Waals surface area contributed by atoms with Crippen molar-refractivity contribution in [3.8, 4) is 0 Å². The third-order valence-electron chi connectivity index (χ3n) is 4.66. The first-order chi connectivity index (χ1) is 8.69. The van der Waals surface area contributed by atoms with Crippen LogP contribution in [0.1, 0.15) is 46.0 Å². The van der Waals surface area contributed by atoms with E-state index in [0.29, 0.717) is 18.1 Å². The molecule has 4 atom stereocenters. The Labute approximate surface area is 112 Å². The smallest absolute Gasteiger partial charge is 0.0702 e. The van der Waals surface area contributed by atoms with Crippen molar-refractivity contribution in [2.24, 2.45) is 17.6 Å². The van der Waals surface area contributed by atoms with Crippen LogP contribution in [-0.2, 0) is 4.74 Å². The lowest BCUT2D eigenvalue weighted by Crippen LogP contribution is -2.47. The largest absolute Gasteiger partial charge is 0.377 e. The lowest BCUT2D eigenvalue weighted by Gasteiger charge is -2.39. The molecule has 2 N–H and O–H groups in total. The Morgan fingerprint density at radius 3 is 2.89 bits per heavy atom. The molecule has 2 aliphatic rings. The molecule has 4 unspecified atom stereocenters. The summed E-state index contributed by atoms with van der Waals surface area (Å²) in [6.45, 7) is 8.86. The predicted molar refractivity (Wildman–Crippen MR) is 75.6 cm³/mol. The van der Waals surface area contributed by atoms with Gasteiger partial charge >= 0.3 is 0 Å². The lowest BCUT2D eigenvalue weighted by atomic mass is 9.79. The van der Waals surface area contributed by atoms with Crippen LogP contribution in [0.3, 0.4) is 0 Å². The normalized spacial score (nSPS) is 38.8. The van der Waals surface area contributed by atoms with E-state index in [2.05, 4.69) is 18.7 Å². The molecule has 0 amide bonds. The molecule has 2 fully saturated rings. The molecule has 0 aromatic rings. The maximum absolute atomic E-state index is 6.29.